The zero-order chi connectivity index (χ0) is 45.8. The normalized spacial score (nSPS) is 12.5. The summed E-state index contributed by atoms with van der Waals surface area (Å²) in [5.74, 6) is -0.903. The SMILES string of the molecule is CC/C=C\C/C=C\C/C=C\CCCCCCCCCC(=O)OC(COC(=O)CCCCCCC/C=C\CCC)COC(=O)CCCCCCCCC/C=C\CCCCCCCCC. The van der Waals surface area contributed by atoms with Gasteiger partial charge in [0.15, 0.2) is 6.10 Å². The number of carbonyl (C=O) groups is 3. The molecule has 0 heterocycles. The molecule has 0 fully saturated rings. The van der Waals surface area contributed by atoms with Crippen LogP contribution < -0.4 is 0 Å². The molecule has 0 N–H and O–H groups in total. The number of unbranched alkanes of at least 4 members (excludes halogenated alkanes) is 27. The largest absolute Gasteiger partial charge is 0.462 e. The van der Waals surface area contributed by atoms with Crippen LogP contribution in [0.4, 0.5) is 0 Å². The summed E-state index contributed by atoms with van der Waals surface area (Å²) in [5, 5.41) is 0. The van der Waals surface area contributed by atoms with Gasteiger partial charge in [-0.1, -0.05) is 210 Å². The van der Waals surface area contributed by atoms with Crippen molar-refractivity contribution in [1.29, 1.82) is 0 Å². The second kappa shape index (κ2) is 51.7. The van der Waals surface area contributed by atoms with Crippen molar-refractivity contribution in [3.8, 4) is 0 Å². The third kappa shape index (κ3) is 50.0. The van der Waals surface area contributed by atoms with Crippen molar-refractivity contribution in [2.45, 2.75) is 271 Å². The summed E-state index contributed by atoms with van der Waals surface area (Å²) in [6, 6.07) is 0. The van der Waals surface area contributed by atoms with Crippen LogP contribution in [-0.2, 0) is 28.6 Å². The minimum absolute atomic E-state index is 0.0828. The van der Waals surface area contributed by atoms with Crippen LogP contribution in [0.15, 0.2) is 60.8 Å². The highest BCUT2D eigenvalue weighted by Crippen LogP contribution is 2.15. The number of rotatable bonds is 48. The summed E-state index contributed by atoms with van der Waals surface area (Å²) in [6.07, 6.45) is 63.5. The summed E-state index contributed by atoms with van der Waals surface area (Å²) in [6.45, 7) is 6.46. The highest BCUT2D eigenvalue weighted by atomic mass is 16.6. The minimum atomic E-state index is -0.783. The Bertz CT molecular complexity index is 1150. The molecule has 63 heavy (non-hydrogen) atoms. The van der Waals surface area contributed by atoms with Crippen molar-refractivity contribution in [2.75, 3.05) is 13.2 Å². The number of carbonyl (C=O) groups excluding carboxylic acids is 3. The highest BCUT2D eigenvalue weighted by molar-refractivity contribution is 5.71. The van der Waals surface area contributed by atoms with Crippen molar-refractivity contribution >= 4 is 17.9 Å². The predicted octanol–water partition coefficient (Wildman–Crippen LogP) is 17.6. The Morgan fingerprint density at radius 3 is 1.05 bits per heavy atom. The van der Waals surface area contributed by atoms with Crippen molar-refractivity contribution < 1.29 is 28.6 Å². The number of ether oxygens (including phenoxy) is 3. The maximum absolute atomic E-state index is 12.8. The lowest BCUT2D eigenvalue weighted by Crippen LogP contribution is -2.30. The topological polar surface area (TPSA) is 78.9 Å². The summed E-state index contributed by atoms with van der Waals surface area (Å²) < 4.78 is 16.8. The summed E-state index contributed by atoms with van der Waals surface area (Å²) in [7, 11) is 0. The zero-order valence-electron chi connectivity index (χ0n) is 41.6. The van der Waals surface area contributed by atoms with Crippen LogP contribution in [-0.4, -0.2) is 37.2 Å². The van der Waals surface area contributed by atoms with E-state index in [1.165, 1.54) is 128 Å². The van der Waals surface area contributed by atoms with E-state index in [4.69, 9.17) is 14.2 Å². The molecule has 0 saturated carbocycles. The number of hydrogen-bond donors (Lipinski definition) is 0. The van der Waals surface area contributed by atoms with Gasteiger partial charge in [0.05, 0.1) is 0 Å². The predicted molar refractivity (Wildman–Crippen MR) is 270 cm³/mol. The molecule has 0 aromatic heterocycles. The van der Waals surface area contributed by atoms with Gasteiger partial charge in [-0.05, 0) is 96.3 Å². The van der Waals surface area contributed by atoms with E-state index in [-0.39, 0.29) is 31.1 Å². The molecule has 0 aliphatic rings. The lowest BCUT2D eigenvalue weighted by molar-refractivity contribution is -0.167. The van der Waals surface area contributed by atoms with Crippen molar-refractivity contribution in [3.05, 3.63) is 60.8 Å². The molecule has 0 aromatic carbocycles. The van der Waals surface area contributed by atoms with Gasteiger partial charge in [-0.15, -0.1) is 0 Å². The fraction of sp³-hybridized carbons (Fsp3) is 0.772. The van der Waals surface area contributed by atoms with Crippen LogP contribution in [0.25, 0.3) is 0 Å². The van der Waals surface area contributed by atoms with Crippen LogP contribution in [0.1, 0.15) is 265 Å². The molecule has 0 aromatic rings. The molecule has 0 radical (unpaired) electrons. The Balaban J connectivity index is 4.34. The van der Waals surface area contributed by atoms with Gasteiger partial charge < -0.3 is 14.2 Å². The standard InChI is InChI=1S/C57H100O6/c1-4-7-10-13-16-19-22-24-26-28-30-31-33-35-38-41-44-47-50-56(59)62-53-54(52-61-55(58)49-46-43-40-37-21-18-15-12-9-6-3)63-57(60)51-48-45-42-39-36-34-32-29-27-25-23-20-17-14-11-8-5-2/h8,11-12,15,17,20,25-28,54H,4-7,9-10,13-14,16,18-19,21-24,29-53H2,1-3H3/b11-8-,15-12-,20-17-,27-25-,28-26-. The fourth-order valence-corrected chi connectivity index (χ4v) is 7.45. The second-order valence-electron chi connectivity index (χ2n) is 17.7. The Morgan fingerprint density at radius 1 is 0.333 bits per heavy atom. The van der Waals surface area contributed by atoms with Gasteiger partial charge >= 0.3 is 17.9 Å². The average molecular weight is 881 g/mol. The first-order chi connectivity index (χ1) is 31.0. The van der Waals surface area contributed by atoms with Crippen molar-refractivity contribution in [2.24, 2.45) is 0 Å². The van der Waals surface area contributed by atoms with Crippen LogP contribution in [0.5, 0.6) is 0 Å². The Labute approximate surface area is 390 Å². The molecular weight excluding hydrogens is 781 g/mol. The van der Waals surface area contributed by atoms with E-state index in [1.54, 1.807) is 0 Å². The minimum Gasteiger partial charge on any atom is -0.462 e. The Kier molecular flexibility index (Phi) is 49.4. The lowest BCUT2D eigenvalue weighted by Gasteiger charge is -2.18. The molecule has 0 amide bonds. The second-order valence-corrected chi connectivity index (χ2v) is 17.7. The van der Waals surface area contributed by atoms with Gasteiger partial charge in [-0.3, -0.25) is 14.4 Å². The molecule has 0 saturated heterocycles. The number of allylic oxidation sites excluding steroid dienone is 10. The lowest BCUT2D eigenvalue weighted by atomic mass is 10.1. The van der Waals surface area contributed by atoms with E-state index in [9.17, 15) is 14.4 Å². The first-order valence-corrected chi connectivity index (χ1v) is 26.8. The summed E-state index contributed by atoms with van der Waals surface area (Å²) >= 11 is 0. The average Bonchev–Trinajstić information content (AvgIpc) is 3.28. The molecule has 0 rings (SSSR count). The third-order valence-electron chi connectivity index (χ3n) is 11.5. The third-order valence-corrected chi connectivity index (χ3v) is 11.5. The fourth-order valence-electron chi connectivity index (χ4n) is 7.45. The summed E-state index contributed by atoms with van der Waals surface area (Å²) in [5.41, 5.74) is 0. The Morgan fingerprint density at radius 2 is 0.651 bits per heavy atom. The smallest absolute Gasteiger partial charge is 0.306 e. The molecular formula is C57H100O6. The van der Waals surface area contributed by atoms with Crippen LogP contribution in [0.3, 0.4) is 0 Å². The van der Waals surface area contributed by atoms with Crippen molar-refractivity contribution in [3.63, 3.8) is 0 Å². The maximum Gasteiger partial charge on any atom is 0.306 e. The first-order valence-electron chi connectivity index (χ1n) is 26.8. The zero-order valence-corrected chi connectivity index (χ0v) is 41.6. The van der Waals surface area contributed by atoms with Gasteiger partial charge in [0.2, 0.25) is 0 Å². The molecule has 6 heteroatoms. The monoisotopic (exact) mass is 881 g/mol. The molecule has 1 unspecified atom stereocenters. The van der Waals surface area contributed by atoms with Gasteiger partial charge in [-0.2, -0.15) is 0 Å². The van der Waals surface area contributed by atoms with Gasteiger partial charge in [0, 0.05) is 19.3 Å². The molecule has 0 aliphatic carbocycles. The number of esters is 3. The van der Waals surface area contributed by atoms with Crippen LogP contribution in [0, 0.1) is 0 Å². The molecule has 6 nitrogen and oxygen atoms in total. The summed E-state index contributed by atoms with van der Waals surface area (Å²) in [4.78, 5) is 38.0. The number of hydrogen-bond acceptors (Lipinski definition) is 6. The Hall–Kier alpha value is -2.89. The molecule has 1 atom stereocenters. The molecule has 364 valence electrons. The highest BCUT2D eigenvalue weighted by Gasteiger charge is 2.19. The van der Waals surface area contributed by atoms with E-state index in [0.29, 0.717) is 19.3 Å². The van der Waals surface area contributed by atoms with E-state index < -0.39 is 6.10 Å². The van der Waals surface area contributed by atoms with E-state index in [1.807, 2.05) is 0 Å². The maximum atomic E-state index is 12.8. The van der Waals surface area contributed by atoms with Crippen molar-refractivity contribution in [1.82, 2.24) is 0 Å². The molecule has 0 bridgehead atoms. The molecule has 0 aliphatic heterocycles. The van der Waals surface area contributed by atoms with E-state index in [0.717, 1.165) is 96.3 Å². The quantitative estimate of drug-likeness (QED) is 0.0262. The molecule has 0 spiro atoms. The van der Waals surface area contributed by atoms with E-state index in [2.05, 4.69) is 81.5 Å². The first kappa shape index (κ1) is 60.1. The van der Waals surface area contributed by atoms with E-state index >= 15 is 0 Å². The van der Waals surface area contributed by atoms with Gasteiger partial charge in [0.25, 0.3) is 0 Å². The van der Waals surface area contributed by atoms with Gasteiger partial charge in [0.1, 0.15) is 13.2 Å². The van der Waals surface area contributed by atoms with Crippen LogP contribution >= 0.6 is 0 Å². The van der Waals surface area contributed by atoms with Crippen LogP contribution in [0.2, 0.25) is 0 Å². The van der Waals surface area contributed by atoms with Gasteiger partial charge in [-0.25, -0.2) is 0 Å².